The van der Waals surface area contributed by atoms with E-state index >= 15 is 0 Å². The zero-order valence-corrected chi connectivity index (χ0v) is 18.7. The molecule has 0 radical (unpaired) electrons. The van der Waals surface area contributed by atoms with E-state index in [0.29, 0.717) is 12.5 Å². The Morgan fingerprint density at radius 1 is 1.13 bits per heavy atom. The predicted octanol–water partition coefficient (Wildman–Crippen LogP) is 3.23. The number of rotatable bonds is 7. The topological polar surface area (TPSA) is 69.1 Å². The third-order valence-corrected chi connectivity index (χ3v) is 7.47. The summed E-state index contributed by atoms with van der Waals surface area (Å²) in [5.41, 5.74) is 0. The van der Waals surface area contributed by atoms with E-state index in [1.807, 2.05) is 12.1 Å². The smallest absolute Gasteiger partial charge is 0.191 e. The minimum Gasteiger partial charge on any atom is -0.386 e. The van der Waals surface area contributed by atoms with Crippen molar-refractivity contribution in [2.75, 3.05) is 46.4 Å². The number of fused-ring (bicyclic) bond motifs is 1. The van der Waals surface area contributed by atoms with Crippen LogP contribution in [0.25, 0.3) is 10.1 Å². The highest BCUT2D eigenvalue weighted by atomic mass is 32.1. The van der Waals surface area contributed by atoms with Crippen LogP contribution in [0.15, 0.2) is 52.8 Å². The van der Waals surface area contributed by atoms with E-state index in [2.05, 4.69) is 56.2 Å². The number of ether oxygens (including phenoxy) is 1. The summed E-state index contributed by atoms with van der Waals surface area (Å²) in [6.07, 6.45) is -0.576. The third-order valence-electron chi connectivity index (χ3n) is 5.28. The van der Waals surface area contributed by atoms with Crippen molar-refractivity contribution in [3.63, 3.8) is 0 Å². The number of thiophene rings is 2. The van der Waals surface area contributed by atoms with E-state index < -0.39 is 6.10 Å². The molecule has 1 saturated heterocycles. The standard InChI is InChI=1S/C22H28N4O2S2/c1-23-22(25-15-18(27)21-13-16-5-2-3-6-19(16)30-21)24-14-17(20-7-4-12-29-20)26-8-10-28-11-9-26/h2-7,12-13,17-18,27H,8-11,14-15H2,1H3,(H2,23,24,25). The third kappa shape index (κ3) is 5.19. The number of aliphatic hydroxyl groups is 1. The molecule has 160 valence electrons. The first-order valence-corrected chi connectivity index (χ1v) is 11.9. The van der Waals surface area contributed by atoms with Gasteiger partial charge in [0.25, 0.3) is 0 Å². The van der Waals surface area contributed by atoms with E-state index in [-0.39, 0.29) is 6.04 Å². The summed E-state index contributed by atoms with van der Waals surface area (Å²) in [6.45, 7) is 4.57. The van der Waals surface area contributed by atoms with Crippen molar-refractivity contribution >= 4 is 38.7 Å². The maximum absolute atomic E-state index is 10.6. The Morgan fingerprint density at radius 3 is 2.67 bits per heavy atom. The fourth-order valence-electron chi connectivity index (χ4n) is 3.65. The largest absolute Gasteiger partial charge is 0.386 e. The molecule has 8 heteroatoms. The Balaban J connectivity index is 1.34. The summed E-state index contributed by atoms with van der Waals surface area (Å²) in [5.74, 6) is 0.699. The highest BCUT2D eigenvalue weighted by Crippen LogP contribution is 2.29. The van der Waals surface area contributed by atoms with Crippen LogP contribution in [0.3, 0.4) is 0 Å². The minimum atomic E-state index is -0.576. The summed E-state index contributed by atoms with van der Waals surface area (Å²) >= 11 is 3.41. The normalized spacial score (nSPS) is 17.7. The van der Waals surface area contributed by atoms with Crippen LogP contribution >= 0.6 is 22.7 Å². The minimum absolute atomic E-state index is 0.278. The van der Waals surface area contributed by atoms with Gasteiger partial charge in [-0.3, -0.25) is 9.89 Å². The van der Waals surface area contributed by atoms with Gasteiger partial charge in [-0.05, 0) is 29.0 Å². The lowest BCUT2D eigenvalue weighted by Crippen LogP contribution is -2.46. The second kappa shape index (κ2) is 10.4. The van der Waals surface area contributed by atoms with Crippen LogP contribution in [0.1, 0.15) is 21.9 Å². The van der Waals surface area contributed by atoms with Crippen LogP contribution in [-0.2, 0) is 4.74 Å². The molecule has 2 aromatic heterocycles. The summed E-state index contributed by atoms with van der Waals surface area (Å²) < 4.78 is 6.71. The van der Waals surface area contributed by atoms with Crippen LogP contribution in [0, 0.1) is 0 Å². The first kappa shape index (κ1) is 21.3. The van der Waals surface area contributed by atoms with Gasteiger partial charge >= 0.3 is 0 Å². The number of hydrogen-bond donors (Lipinski definition) is 3. The lowest BCUT2D eigenvalue weighted by Gasteiger charge is -2.34. The van der Waals surface area contributed by atoms with Gasteiger partial charge in [-0.25, -0.2) is 0 Å². The van der Waals surface area contributed by atoms with Gasteiger partial charge in [0.1, 0.15) is 6.10 Å². The van der Waals surface area contributed by atoms with Gasteiger partial charge in [0.05, 0.1) is 19.3 Å². The van der Waals surface area contributed by atoms with Crippen molar-refractivity contribution in [3.05, 3.63) is 57.6 Å². The van der Waals surface area contributed by atoms with Crippen LogP contribution in [0.5, 0.6) is 0 Å². The Morgan fingerprint density at radius 2 is 1.93 bits per heavy atom. The first-order valence-electron chi connectivity index (χ1n) is 10.2. The Labute approximate surface area is 185 Å². The second-order valence-corrected chi connectivity index (χ2v) is 9.31. The maximum atomic E-state index is 10.6. The van der Waals surface area contributed by atoms with E-state index in [0.717, 1.165) is 37.7 Å². The van der Waals surface area contributed by atoms with Crippen molar-refractivity contribution in [1.29, 1.82) is 0 Å². The van der Waals surface area contributed by atoms with Crippen molar-refractivity contribution in [1.82, 2.24) is 15.5 Å². The van der Waals surface area contributed by atoms with Gasteiger partial charge in [0.2, 0.25) is 0 Å². The van der Waals surface area contributed by atoms with Gasteiger partial charge in [-0.15, -0.1) is 22.7 Å². The monoisotopic (exact) mass is 444 g/mol. The molecular weight excluding hydrogens is 416 g/mol. The number of nitrogens with zero attached hydrogens (tertiary/aromatic N) is 2. The van der Waals surface area contributed by atoms with Crippen molar-refractivity contribution in [3.8, 4) is 0 Å². The summed E-state index contributed by atoms with van der Waals surface area (Å²) in [5, 5.41) is 20.6. The fourth-order valence-corrected chi connectivity index (χ4v) is 5.57. The second-order valence-electron chi connectivity index (χ2n) is 7.22. The number of nitrogens with one attached hydrogen (secondary N) is 2. The lowest BCUT2D eigenvalue weighted by molar-refractivity contribution is 0.0177. The molecule has 1 fully saturated rings. The van der Waals surface area contributed by atoms with Gasteiger partial charge in [0.15, 0.2) is 5.96 Å². The average Bonchev–Trinajstić information content (AvgIpc) is 3.46. The summed E-state index contributed by atoms with van der Waals surface area (Å²) in [6, 6.07) is 14.8. The summed E-state index contributed by atoms with van der Waals surface area (Å²) in [7, 11) is 1.76. The Hall–Kier alpha value is -1.97. The number of aliphatic imine (C=N–C) groups is 1. The molecule has 6 nitrogen and oxygen atoms in total. The van der Waals surface area contributed by atoms with Gasteiger partial charge in [-0.2, -0.15) is 0 Å². The molecule has 30 heavy (non-hydrogen) atoms. The van der Waals surface area contributed by atoms with Gasteiger partial charge in [0, 0.05) is 47.7 Å². The van der Waals surface area contributed by atoms with Crippen molar-refractivity contribution in [2.45, 2.75) is 12.1 Å². The summed E-state index contributed by atoms with van der Waals surface area (Å²) in [4.78, 5) is 9.10. The molecule has 1 aromatic carbocycles. The van der Waals surface area contributed by atoms with Crippen molar-refractivity contribution < 1.29 is 9.84 Å². The molecule has 3 aromatic rings. The number of morpholine rings is 1. The molecule has 0 spiro atoms. The number of guanidine groups is 1. The molecule has 0 saturated carbocycles. The number of aliphatic hydroxyl groups excluding tert-OH is 1. The zero-order chi connectivity index (χ0) is 20.8. The van der Waals surface area contributed by atoms with E-state index in [4.69, 9.17) is 4.74 Å². The maximum Gasteiger partial charge on any atom is 0.191 e. The molecule has 1 aliphatic heterocycles. The molecule has 2 atom stereocenters. The molecule has 0 bridgehead atoms. The first-order chi connectivity index (χ1) is 14.7. The molecule has 4 rings (SSSR count). The van der Waals surface area contributed by atoms with Gasteiger partial charge < -0.3 is 20.5 Å². The lowest BCUT2D eigenvalue weighted by atomic mass is 10.2. The van der Waals surface area contributed by atoms with Crippen LogP contribution in [0.2, 0.25) is 0 Å². The Kier molecular flexibility index (Phi) is 7.35. The SMILES string of the molecule is CN=C(NCC(O)c1cc2ccccc2s1)NCC(c1cccs1)N1CCOCC1. The molecule has 3 heterocycles. The molecule has 2 unspecified atom stereocenters. The predicted molar refractivity (Wildman–Crippen MR) is 126 cm³/mol. The van der Waals surface area contributed by atoms with Crippen LogP contribution in [0.4, 0.5) is 0 Å². The quantitative estimate of drug-likeness (QED) is 0.386. The molecule has 0 aliphatic carbocycles. The molecule has 3 N–H and O–H groups in total. The average molecular weight is 445 g/mol. The van der Waals surface area contributed by atoms with Crippen LogP contribution < -0.4 is 10.6 Å². The fraction of sp³-hybridized carbons (Fsp3) is 0.409. The highest BCUT2D eigenvalue weighted by molar-refractivity contribution is 7.19. The number of benzene rings is 1. The van der Waals surface area contributed by atoms with Gasteiger partial charge in [-0.1, -0.05) is 24.3 Å². The van der Waals surface area contributed by atoms with Crippen LogP contribution in [-0.4, -0.2) is 62.4 Å². The Bertz CT molecular complexity index is 918. The molecular formula is C22H28N4O2S2. The number of hydrogen-bond acceptors (Lipinski definition) is 6. The van der Waals surface area contributed by atoms with E-state index in [1.54, 1.807) is 29.7 Å². The van der Waals surface area contributed by atoms with E-state index in [9.17, 15) is 5.11 Å². The van der Waals surface area contributed by atoms with Crippen molar-refractivity contribution in [2.24, 2.45) is 4.99 Å². The van der Waals surface area contributed by atoms with E-state index in [1.165, 1.54) is 15.0 Å². The zero-order valence-electron chi connectivity index (χ0n) is 17.1. The molecule has 1 aliphatic rings. The highest BCUT2D eigenvalue weighted by Gasteiger charge is 2.23. The molecule has 0 amide bonds.